The highest BCUT2D eigenvalue weighted by atomic mass is 16.5. The largest absolute Gasteiger partial charge is 0.497 e. The van der Waals surface area contributed by atoms with Gasteiger partial charge in [-0.15, -0.1) is 0 Å². The van der Waals surface area contributed by atoms with E-state index in [2.05, 4.69) is 0 Å². The van der Waals surface area contributed by atoms with Crippen LogP contribution >= 0.6 is 0 Å². The van der Waals surface area contributed by atoms with E-state index in [1.54, 1.807) is 7.11 Å². The van der Waals surface area contributed by atoms with E-state index < -0.39 is 12.0 Å². The summed E-state index contributed by atoms with van der Waals surface area (Å²) in [6.45, 7) is 1.72. The number of benzene rings is 2. The number of likely N-dealkylation sites (tertiary alicyclic amines) is 1. The van der Waals surface area contributed by atoms with Crippen LogP contribution in [0.15, 0.2) is 36.4 Å². The second kappa shape index (κ2) is 5.74. The maximum Gasteiger partial charge on any atom is 0.325 e. The smallest absolute Gasteiger partial charge is 0.325 e. The van der Waals surface area contributed by atoms with E-state index in [4.69, 9.17) is 4.74 Å². The quantitative estimate of drug-likeness (QED) is 0.938. The molecule has 0 radical (unpaired) electrons. The van der Waals surface area contributed by atoms with Crippen molar-refractivity contribution < 1.29 is 14.6 Å². The molecule has 1 heterocycles. The van der Waals surface area contributed by atoms with Gasteiger partial charge in [0.25, 0.3) is 0 Å². The van der Waals surface area contributed by atoms with Gasteiger partial charge in [-0.25, -0.2) is 0 Å². The fraction of sp³-hybridized carbons (Fsp3) is 0.353. The Labute approximate surface area is 123 Å². The molecule has 1 unspecified atom stereocenters. The van der Waals surface area contributed by atoms with Gasteiger partial charge in [0.05, 0.1) is 7.11 Å². The van der Waals surface area contributed by atoms with Crippen molar-refractivity contribution >= 4 is 16.7 Å². The number of hydrogen-bond donors (Lipinski definition) is 1. The summed E-state index contributed by atoms with van der Waals surface area (Å²) in [4.78, 5) is 13.7. The average Bonchev–Trinajstić information content (AvgIpc) is 3.00. The Hall–Kier alpha value is -2.07. The highest BCUT2D eigenvalue weighted by Crippen LogP contribution is 2.29. The predicted octanol–water partition coefficient (Wildman–Crippen LogP) is 3.07. The summed E-state index contributed by atoms with van der Waals surface area (Å²) in [5.41, 5.74) is 0.849. The molecule has 0 bridgehead atoms. The Morgan fingerprint density at radius 2 is 1.81 bits per heavy atom. The topological polar surface area (TPSA) is 49.8 Å². The van der Waals surface area contributed by atoms with E-state index >= 15 is 0 Å². The van der Waals surface area contributed by atoms with Crippen molar-refractivity contribution in [2.45, 2.75) is 18.9 Å². The second-order valence-corrected chi connectivity index (χ2v) is 5.46. The number of carboxylic acids is 1. The van der Waals surface area contributed by atoms with E-state index in [1.165, 1.54) is 0 Å². The van der Waals surface area contributed by atoms with E-state index in [-0.39, 0.29) is 0 Å². The summed E-state index contributed by atoms with van der Waals surface area (Å²) >= 11 is 0. The van der Waals surface area contributed by atoms with Crippen LogP contribution < -0.4 is 4.74 Å². The maximum absolute atomic E-state index is 11.7. The number of aliphatic carboxylic acids is 1. The molecule has 1 aliphatic heterocycles. The van der Waals surface area contributed by atoms with Gasteiger partial charge in [-0.1, -0.05) is 18.2 Å². The van der Waals surface area contributed by atoms with Crippen LogP contribution in [0.2, 0.25) is 0 Å². The molecule has 4 nitrogen and oxygen atoms in total. The van der Waals surface area contributed by atoms with Crippen LogP contribution in [0, 0.1) is 0 Å². The molecule has 1 saturated heterocycles. The molecular formula is C17H19NO3. The lowest BCUT2D eigenvalue weighted by molar-refractivity contribution is -0.143. The molecule has 2 aromatic rings. The standard InChI is InChI=1S/C17H19NO3/c1-21-15-7-6-12-10-14(5-4-13(12)11-15)16(17(19)20)18-8-2-3-9-18/h4-7,10-11,16H,2-3,8-9H2,1H3,(H,19,20). The van der Waals surface area contributed by atoms with Crippen LogP contribution in [-0.4, -0.2) is 36.2 Å². The molecule has 110 valence electrons. The molecular weight excluding hydrogens is 266 g/mol. The number of nitrogens with zero attached hydrogens (tertiary/aromatic N) is 1. The molecule has 1 aliphatic rings. The minimum absolute atomic E-state index is 0.543. The summed E-state index contributed by atoms with van der Waals surface area (Å²) in [5, 5.41) is 11.7. The molecule has 3 rings (SSSR count). The van der Waals surface area contributed by atoms with Gasteiger partial charge in [-0.3, -0.25) is 9.69 Å². The zero-order chi connectivity index (χ0) is 14.8. The van der Waals surface area contributed by atoms with Crippen molar-refractivity contribution in [3.8, 4) is 5.75 Å². The Kier molecular flexibility index (Phi) is 3.80. The first-order valence-corrected chi connectivity index (χ1v) is 7.23. The van der Waals surface area contributed by atoms with E-state index in [0.29, 0.717) is 0 Å². The molecule has 2 aromatic carbocycles. The molecule has 4 heteroatoms. The van der Waals surface area contributed by atoms with E-state index in [0.717, 1.165) is 48.0 Å². The molecule has 0 aliphatic carbocycles. The minimum Gasteiger partial charge on any atom is -0.497 e. The third kappa shape index (κ3) is 2.72. The van der Waals surface area contributed by atoms with Gasteiger partial charge in [0.2, 0.25) is 0 Å². The van der Waals surface area contributed by atoms with Crippen LogP contribution in [0.25, 0.3) is 10.8 Å². The molecule has 1 fully saturated rings. The number of methoxy groups -OCH3 is 1. The summed E-state index contributed by atoms with van der Waals surface area (Å²) < 4.78 is 5.22. The average molecular weight is 285 g/mol. The lowest BCUT2D eigenvalue weighted by atomic mass is 10.0. The minimum atomic E-state index is -0.773. The third-order valence-electron chi connectivity index (χ3n) is 4.13. The second-order valence-electron chi connectivity index (χ2n) is 5.46. The zero-order valence-corrected chi connectivity index (χ0v) is 12.1. The molecule has 0 aromatic heterocycles. The van der Waals surface area contributed by atoms with Gasteiger partial charge in [-0.05, 0) is 60.5 Å². The first kappa shape index (κ1) is 13.9. The van der Waals surface area contributed by atoms with Crippen molar-refractivity contribution in [3.05, 3.63) is 42.0 Å². The first-order valence-electron chi connectivity index (χ1n) is 7.23. The van der Waals surface area contributed by atoms with Crippen molar-refractivity contribution in [2.75, 3.05) is 20.2 Å². The van der Waals surface area contributed by atoms with Crippen LogP contribution in [-0.2, 0) is 4.79 Å². The molecule has 1 atom stereocenters. The SMILES string of the molecule is COc1ccc2cc(C(C(=O)O)N3CCCC3)ccc2c1. The number of ether oxygens (including phenoxy) is 1. The third-order valence-corrected chi connectivity index (χ3v) is 4.13. The monoisotopic (exact) mass is 285 g/mol. The highest BCUT2D eigenvalue weighted by molar-refractivity contribution is 5.86. The summed E-state index contributed by atoms with van der Waals surface area (Å²) in [6, 6.07) is 11.2. The van der Waals surface area contributed by atoms with Gasteiger partial charge in [0.15, 0.2) is 0 Å². The van der Waals surface area contributed by atoms with Crippen molar-refractivity contribution in [1.82, 2.24) is 4.90 Å². The van der Waals surface area contributed by atoms with Gasteiger partial charge >= 0.3 is 5.97 Å². The van der Waals surface area contributed by atoms with Crippen LogP contribution in [0.1, 0.15) is 24.4 Å². The fourth-order valence-electron chi connectivity index (χ4n) is 3.05. The Morgan fingerprint density at radius 3 is 2.48 bits per heavy atom. The summed E-state index contributed by atoms with van der Waals surface area (Å²) in [7, 11) is 1.64. The maximum atomic E-state index is 11.7. The van der Waals surface area contributed by atoms with Crippen molar-refractivity contribution in [2.24, 2.45) is 0 Å². The van der Waals surface area contributed by atoms with Gasteiger partial charge in [0, 0.05) is 0 Å². The molecule has 1 N–H and O–H groups in total. The van der Waals surface area contributed by atoms with Crippen LogP contribution in [0.5, 0.6) is 5.75 Å². The van der Waals surface area contributed by atoms with Gasteiger partial charge in [-0.2, -0.15) is 0 Å². The number of carboxylic acid groups (broad SMARTS) is 1. The zero-order valence-electron chi connectivity index (χ0n) is 12.1. The highest BCUT2D eigenvalue weighted by Gasteiger charge is 2.29. The van der Waals surface area contributed by atoms with Crippen molar-refractivity contribution in [3.63, 3.8) is 0 Å². The summed E-state index contributed by atoms with van der Waals surface area (Å²) in [6.07, 6.45) is 2.16. The predicted molar refractivity (Wildman–Crippen MR) is 81.7 cm³/mol. The molecule has 21 heavy (non-hydrogen) atoms. The first-order chi connectivity index (χ1) is 10.2. The lowest BCUT2D eigenvalue weighted by Crippen LogP contribution is -2.31. The normalized spacial score (nSPS) is 17.0. The van der Waals surface area contributed by atoms with E-state index in [9.17, 15) is 9.90 Å². The molecule has 0 saturated carbocycles. The number of carbonyl (C=O) groups is 1. The summed E-state index contributed by atoms with van der Waals surface area (Å²) in [5.74, 6) is 0.0364. The van der Waals surface area contributed by atoms with Crippen LogP contribution in [0.4, 0.5) is 0 Å². The number of fused-ring (bicyclic) bond motifs is 1. The number of hydrogen-bond acceptors (Lipinski definition) is 3. The van der Waals surface area contributed by atoms with Gasteiger partial charge < -0.3 is 9.84 Å². The Balaban J connectivity index is 2.00. The Morgan fingerprint density at radius 1 is 1.14 bits per heavy atom. The number of rotatable bonds is 4. The Bertz CT molecular complexity index is 662. The van der Waals surface area contributed by atoms with Gasteiger partial charge in [0.1, 0.15) is 11.8 Å². The molecule has 0 amide bonds. The molecule has 0 spiro atoms. The lowest BCUT2D eigenvalue weighted by Gasteiger charge is -2.24. The van der Waals surface area contributed by atoms with E-state index in [1.807, 2.05) is 41.3 Å². The van der Waals surface area contributed by atoms with Crippen LogP contribution in [0.3, 0.4) is 0 Å². The fourth-order valence-corrected chi connectivity index (χ4v) is 3.05. The van der Waals surface area contributed by atoms with Crippen molar-refractivity contribution in [1.29, 1.82) is 0 Å².